The predicted octanol–water partition coefficient (Wildman–Crippen LogP) is 0.439. The Hall–Kier alpha value is -2.12. The van der Waals surface area contributed by atoms with Crippen molar-refractivity contribution in [1.29, 1.82) is 0 Å². The van der Waals surface area contributed by atoms with Crippen LogP contribution < -0.4 is 0 Å². The number of aromatic nitrogens is 3. The summed E-state index contributed by atoms with van der Waals surface area (Å²) in [7, 11) is 0. The zero-order valence-electron chi connectivity index (χ0n) is 11.1. The van der Waals surface area contributed by atoms with Crippen LogP contribution in [0.15, 0.2) is 6.20 Å². The SMILES string of the molecule is O=C(O)c1cn(C2CN(C(=O)N3CCCCC3)C2)nn1. The van der Waals surface area contributed by atoms with Gasteiger partial charge in [-0.25, -0.2) is 14.3 Å². The minimum Gasteiger partial charge on any atom is -0.476 e. The van der Waals surface area contributed by atoms with Gasteiger partial charge in [-0.15, -0.1) is 5.10 Å². The first-order chi connectivity index (χ1) is 9.65. The number of nitrogens with zero attached hydrogens (tertiary/aromatic N) is 5. The van der Waals surface area contributed by atoms with Gasteiger partial charge in [-0.2, -0.15) is 0 Å². The van der Waals surface area contributed by atoms with Crippen molar-refractivity contribution in [2.45, 2.75) is 25.3 Å². The van der Waals surface area contributed by atoms with E-state index in [-0.39, 0.29) is 17.8 Å². The highest BCUT2D eigenvalue weighted by Crippen LogP contribution is 2.23. The van der Waals surface area contributed by atoms with Crippen LogP contribution in [0.25, 0.3) is 0 Å². The van der Waals surface area contributed by atoms with Crippen molar-refractivity contribution in [1.82, 2.24) is 24.8 Å². The van der Waals surface area contributed by atoms with E-state index < -0.39 is 5.97 Å². The molecule has 3 heterocycles. The average molecular weight is 279 g/mol. The minimum atomic E-state index is -1.09. The fourth-order valence-electron chi connectivity index (χ4n) is 2.62. The van der Waals surface area contributed by atoms with Crippen LogP contribution in [0.1, 0.15) is 35.8 Å². The van der Waals surface area contributed by atoms with Gasteiger partial charge in [-0.3, -0.25) is 0 Å². The molecule has 2 fully saturated rings. The molecule has 0 radical (unpaired) electrons. The van der Waals surface area contributed by atoms with Gasteiger partial charge in [-0.05, 0) is 19.3 Å². The molecule has 0 saturated carbocycles. The molecule has 0 bridgehead atoms. The summed E-state index contributed by atoms with van der Waals surface area (Å²) in [6.45, 7) is 2.81. The normalized spacial score (nSPS) is 19.8. The van der Waals surface area contributed by atoms with Crippen LogP contribution >= 0.6 is 0 Å². The van der Waals surface area contributed by atoms with Crippen molar-refractivity contribution in [3.63, 3.8) is 0 Å². The summed E-state index contributed by atoms with van der Waals surface area (Å²) in [6.07, 6.45) is 4.77. The van der Waals surface area contributed by atoms with Gasteiger partial charge < -0.3 is 14.9 Å². The summed E-state index contributed by atoms with van der Waals surface area (Å²) in [4.78, 5) is 26.6. The van der Waals surface area contributed by atoms with Crippen LogP contribution in [0.4, 0.5) is 4.79 Å². The lowest BCUT2D eigenvalue weighted by molar-refractivity contribution is 0.0689. The molecule has 1 aromatic rings. The summed E-state index contributed by atoms with van der Waals surface area (Å²) in [5.74, 6) is -1.09. The molecule has 1 aromatic heterocycles. The summed E-state index contributed by atoms with van der Waals surface area (Å²) in [5.41, 5.74) is -0.0641. The number of carbonyl (C=O) groups is 2. The highest BCUT2D eigenvalue weighted by molar-refractivity contribution is 5.84. The maximum Gasteiger partial charge on any atom is 0.358 e. The Morgan fingerprint density at radius 3 is 2.45 bits per heavy atom. The molecule has 108 valence electrons. The molecule has 0 atom stereocenters. The van der Waals surface area contributed by atoms with Crippen molar-refractivity contribution >= 4 is 12.0 Å². The number of amides is 2. The Kier molecular flexibility index (Phi) is 3.29. The highest BCUT2D eigenvalue weighted by Gasteiger charge is 2.35. The molecule has 2 aliphatic rings. The molecule has 20 heavy (non-hydrogen) atoms. The molecule has 8 heteroatoms. The number of likely N-dealkylation sites (tertiary alicyclic amines) is 2. The van der Waals surface area contributed by atoms with Gasteiger partial charge in [0.05, 0.1) is 12.2 Å². The first kappa shape index (κ1) is 12.9. The monoisotopic (exact) mass is 279 g/mol. The zero-order valence-corrected chi connectivity index (χ0v) is 11.1. The topological polar surface area (TPSA) is 91.6 Å². The van der Waals surface area contributed by atoms with Crippen LogP contribution in [0.2, 0.25) is 0 Å². The third-order valence-electron chi connectivity index (χ3n) is 3.86. The van der Waals surface area contributed by atoms with Crippen LogP contribution in [0, 0.1) is 0 Å². The first-order valence-electron chi connectivity index (χ1n) is 6.84. The molecule has 3 rings (SSSR count). The maximum absolute atomic E-state index is 12.2. The lowest BCUT2D eigenvalue weighted by atomic mass is 10.1. The summed E-state index contributed by atoms with van der Waals surface area (Å²) in [5, 5.41) is 16.2. The second kappa shape index (κ2) is 5.10. The first-order valence-corrected chi connectivity index (χ1v) is 6.84. The van der Waals surface area contributed by atoms with Crippen LogP contribution in [0.3, 0.4) is 0 Å². The molecule has 0 spiro atoms. The van der Waals surface area contributed by atoms with Gasteiger partial charge in [0, 0.05) is 26.2 Å². The number of hydrogen-bond acceptors (Lipinski definition) is 4. The van der Waals surface area contributed by atoms with Crippen molar-refractivity contribution < 1.29 is 14.7 Å². The van der Waals surface area contributed by atoms with Crippen LogP contribution in [-0.4, -0.2) is 68.1 Å². The van der Waals surface area contributed by atoms with E-state index in [0.29, 0.717) is 13.1 Å². The Morgan fingerprint density at radius 2 is 1.85 bits per heavy atom. The van der Waals surface area contributed by atoms with Gasteiger partial charge in [-0.1, -0.05) is 5.21 Å². The molecular formula is C12H17N5O3. The molecule has 1 N–H and O–H groups in total. The van der Waals surface area contributed by atoms with Crippen molar-refractivity contribution in [2.75, 3.05) is 26.2 Å². The standard InChI is InChI=1S/C12H17N5O3/c18-11(19)10-8-17(14-13-10)9-6-16(7-9)12(20)15-4-2-1-3-5-15/h8-9H,1-7H2,(H,18,19). The number of aromatic carboxylic acids is 1. The number of carboxylic acids is 1. The Morgan fingerprint density at radius 1 is 1.15 bits per heavy atom. The number of hydrogen-bond donors (Lipinski definition) is 1. The maximum atomic E-state index is 12.2. The molecule has 2 amide bonds. The van der Waals surface area contributed by atoms with Gasteiger partial charge in [0.15, 0.2) is 5.69 Å². The van der Waals surface area contributed by atoms with E-state index in [1.807, 2.05) is 4.90 Å². The predicted molar refractivity (Wildman–Crippen MR) is 68.4 cm³/mol. The van der Waals surface area contributed by atoms with Gasteiger partial charge in [0.1, 0.15) is 0 Å². The van der Waals surface area contributed by atoms with Crippen molar-refractivity contribution in [2.24, 2.45) is 0 Å². The number of carboxylic acid groups (broad SMARTS) is 1. The third kappa shape index (κ3) is 2.33. The number of urea groups is 1. The molecule has 0 aliphatic carbocycles. The Labute approximate surface area is 116 Å². The quantitative estimate of drug-likeness (QED) is 0.848. The second-order valence-electron chi connectivity index (χ2n) is 5.28. The van der Waals surface area contributed by atoms with Gasteiger partial charge in [0.25, 0.3) is 0 Å². The van der Waals surface area contributed by atoms with Crippen molar-refractivity contribution in [3.8, 4) is 0 Å². The third-order valence-corrected chi connectivity index (χ3v) is 3.86. The molecule has 2 saturated heterocycles. The molecule has 2 aliphatic heterocycles. The fourth-order valence-corrected chi connectivity index (χ4v) is 2.62. The van der Waals surface area contributed by atoms with E-state index in [4.69, 9.17) is 5.11 Å². The van der Waals surface area contributed by atoms with Crippen LogP contribution in [-0.2, 0) is 0 Å². The molecule has 0 unspecified atom stereocenters. The summed E-state index contributed by atoms with van der Waals surface area (Å²) in [6, 6.07) is 0.115. The lowest BCUT2D eigenvalue weighted by Gasteiger charge is -2.42. The molecule has 0 aromatic carbocycles. The fraction of sp³-hybridized carbons (Fsp3) is 0.667. The molecule has 8 nitrogen and oxygen atoms in total. The van der Waals surface area contributed by atoms with E-state index >= 15 is 0 Å². The second-order valence-corrected chi connectivity index (χ2v) is 5.28. The average Bonchev–Trinajstić information content (AvgIpc) is 2.87. The Bertz CT molecular complexity index is 517. The van der Waals surface area contributed by atoms with Crippen LogP contribution in [0.5, 0.6) is 0 Å². The molecular weight excluding hydrogens is 262 g/mol. The van der Waals surface area contributed by atoms with Gasteiger partial charge in [0.2, 0.25) is 0 Å². The largest absolute Gasteiger partial charge is 0.476 e. The zero-order chi connectivity index (χ0) is 14.1. The Balaban J connectivity index is 1.55. The lowest BCUT2D eigenvalue weighted by Crippen LogP contribution is -2.56. The minimum absolute atomic E-state index is 0.0318. The van der Waals surface area contributed by atoms with Crippen molar-refractivity contribution in [3.05, 3.63) is 11.9 Å². The van der Waals surface area contributed by atoms with E-state index in [1.165, 1.54) is 17.3 Å². The number of carbonyl (C=O) groups excluding carboxylic acids is 1. The van der Waals surface area contributed by atoms with E-state index in [2.05, 4.69) is 10.3 Å². The smallest absolute Gasteiger partial charge is 0.358 e. The van der Waals surface area contributed by atoms with E-state index in [9.17, 15) is 9.59 Å². The summed E-state index contributed by atoms with van der Waals surface area (Å²) >= 11 is 0. The number of piperidine rings is 1. The van der Waals surface area contributed by atoms with E-state index in [0.717, 1.165) is 25.9 Å². The highest BCUT2D eigenvalue weighted by atomic mass is 16.4. The summed E-state index contributed by atoms with van der Waals surface area (Å²) < 4.78 is 1.53. The van der Waals surface area contributed by atoms with Gasteiger partial charge >= 0.3 is 12.0 Å². The number of rotatable bonds is 2. The van der Waals surface area contributed by atoms with E-state index in [1.54, 1.807) is 4.90 Å².